The summed E-state index contributed by atoms with van der Waals surface area (Å²) in [6, 6.07) is 4.76. The predicted molar refractivity (Wildman–Crippen MR) is 47.9 cm³/mol. The molecule has 1 rings (SSSR count). The van der Waals surface area contributed by atoms with Gasteiger partial charge in [0.25, 0.3) is 0 Å². The zero-order valence-corrected chi connectivity index (χ0v) is 7.50. The molecule has 0 radical (unpaired) electrons. The zero-order valence-electron chi connectivity index (χ0n) is 7.50. The van der Waals surface area contributed by atoms with Crippen molar-refractivity contribution in [1.29, 1.82) is 0 Å². The smallest absolute Gasteiger partial charge is 0.412 e. The molecule has 0 aliphatic carbocycles. The molecule has 4 heteroatoms. The maximum Gasteiger partial charge on any atom is 0.412 e. The van der Waals surface area contributed by atoms with Crippen molar-refractivity contribution in [3.8, 4) is 11.5 Å². The van der Waals surface area contributed by atoms with Crippen molar-refractivity contribution in [2.24, 2.45) is 0 Å². The molecule has 4 nitrogen and oxygen atoms in total. The highest BCUT2D eigenvalue weighted by molar-refractivity contribution is 5.70. The highest BCUT2D eigenvalue weighted by Gasteiger charge is 2.06. The molecule has 0 spiro atoms. The van der Waals surface area contributed by atoms with E-state index in [9.17, 15) is 9.90 Å². The van der Waals surface area contributed by atoms with Crippen LogP contribution in [0.2, 0.25) is 0 Å². The number of phenols is 1. The lowest BCUT2D eigenvalue weighted by atomic mass is 10.2. The number of carbonyl (C=O) groups is 1. The van der Waals surface area contributed by atoms with Crippen molar-refractivity contribution in [3.63, 3.8) is 0 Å². The molecule has 0 bridgehead atoms. The first kappa shape index (κ1) is 9.38. The van der Waals surface area contributed by atoms with E-state index in [-0.39, 0.29) is 5.75 Å². The highest BCUT2D eigenvalue weighted by atomic mass is 16.6. The lowest BCUT2D eigenvalue weighted by Gasteiger charge is -2.06. The van der Waals surface area contributed by atoms with Crippen LogP contribution in [0.4, 0.5) is 4.79 Å². The highest BCUT2D eigenvalue weighted by Crippen LogP contribution is 2.25. The van der Waals surface area contributed by atoms with Gasteiger partial charge >= 0.3 is 6.09 Å². The Morgan fingerprint density at radius 3 is 2.85 bits per heavy atom. The topological polar surface area (TPSA) is 58.6 Å². The normalized spacial score (nSPS) is 9.38. The van der Waals surface area contributed by atoms with Crippen LogP contribution in [0.5, 0.6) is 11.5 Å². The summed E-state index contributed by atoms with van der Waals surface area (Å²) in [6.07, 6.45) is -0.547. The molecule has 1 aromatic carbocycles. The monoisotopic (exact) mass is 181 g/mol. The lowest BCUT2D eigenvalue weighted by Crippen LogP contribution is -2.22. The molecule has 1 amide bonds. The quantitative estimate of drug-likeness (QED) is 0.688. The Hall–Kier alpha value is -1.71. The van der Waals surface area contributed by atoms with Crippen molar-refractivity contribution in [1.82, 2.24) is 5.32 Å². The number of benzene rings is 1. The summed E-state index contributed by atoms with van der Waals surface area (Å²) in [5, 5.41) is 11.6. The zero-order chi connectivity index (χ0) is 9.84. The SMILES string of the molecule is CNC(=O)Oc1cccc(O)c1C. The fourth-order valence-corrected chi connectivity index (χ4v) is 0.864. The van der Waals surface area contributed by atoms with Gasteiger partial charge in [0.1, 0.15) is 11.5 Å². The molecule has 0 atom stereocenters. The second-order valence-electron chi connectivity index (χ2n) is 2.54. The van der Waals surface area contributed by atoms with Gasteiger partial charge < -0.3 is 15.2 Å². The van der Waals surface area contributed by atoms with E-state index in [1.807, 2.05) is 0 Å². The van der Waals surface area contributed by atoms with Crippen molar-refractivity contribution >= 4 is 6.09 Å². The Balaban J connectivity index is 2.89. The molecular weight excluding hydrogens is 170 g/mol. The van der Waals surface area contributed by atoms with Crippen LogP contribution >= 0.6 is 0 Å². The Labute approximate surface area is 76.1 Å². The second-order valence-corrected chi connectivity index (χ2v) is 2.54. The first-order valence-electron chi connectivity index (χ1n) is 3.83. The molecule has 13 heavy (non-hydrogen) atoms. The number of phenolic OH excluding ortho intramolecular Hbond substituents is 1. The van der Waals surface area contributed by atoms with Crippen LogP contribution < -0.4 is 10.1 Å². The van der Waals surface area contributed by atoms with Gasteiger partial charge in [-0.1, -0.05) is 6.07 Å². The van der Waals surface area contributed by atoms with Crippen LogP contribution in [0.3, 0.4) is 0 Å². The van der Waals surface area contributed by atoms with Crippen molar-refractivity contribution < 1.29 is 14.6 Å². The fourth-order valence-electron chi connectivity index (χ4n) is 0.864. The van der Waals surface area contributed by atoms with Crippen molar-refractivity contribution in [2.45, 2.75) is 6.92 Å². The van der Waals surface area contributed by atoms with Gasteiger partial charge in [-0.05, 0) is 19.1 Å². The van der Waals surface area contributed by atoms with Gasteiger partial charge in [0.2, 0.25) is 0 Å². The molecule has 0 aliphatic rings. The molecule has 0 unspecified atom stereocenters. The summed E-state index contributed by atoms with van der Waals surface area (Å²) in [7, 11) is 1.47. The molecule has 0 heterocycles. The number of nitrogens with one attached hydrogen (secondary N) is 1. The van der Waals surface area contributed by atoms with Crippen LogP contribution in [0, 0.1) is 6.92 Å². The third kappa shape index (κ3) is 2.11. The van der Waals surface area contributed by atoms with Gasteiger partial charge in [0, 0.05) is 12.6 Å². The van der Waals surface area contributed by atoms with E-state index in [4.69, 9.17) is 4.74 Å². The Bertz CT molecular complexity index is 323. The van der Waals surface area contributed by atoms with Crippen LogP contribution in [-0.2, 0) is 0 Å². The number of hydrogen-bond donors (Lipinski definition) is 2. The molecule has 0 aromatic heterocycles. The van der Waals surface area contributed by atoms with Crippen molar-refractivity contribution in [3.05, 3.63) is 23.8 Å². The largest absolute Gasteiger partial charge is 0.508 e. The molecule has 0 saturated carbocycles. The lowest BCUT2D eigenvalue weighted by molar-refractivity contribution is 0.202. The molecule has 0 saturated heterocycles. The molecule has 2 N–H and O–H groups in total. The van der Waals surface area contributed by atoms with Gasteiger partial charge in [-0.15, -0.1) is 0 Å². The molecule has 1 aromatic rings. The number of amides is 1. The molecule has 0 fully saturated rings. The third-order valence-corrected chi connectivity index (χ3v) is 1.66. The predicted octanol–water partition coefficient (Wildman–Crippen LogP) is 1.42. The van der Waals surface area contributed by atoms with Crippen LogP contribution in [0.1, 0.15) is 5.56 Å². The minimum Gasteiger partial charge on any atom is -0.508 e. The molecular formula is C9H11NO3. The summed E-state index contributed by atoms with van der Waals surface area (Å²) < 4.78 is 4.87. The number of ether oxygens (including phenoxy) is 1. The standard InChI is InChI=1S/C9H11NO3/c1-6-7(11)4-3-5-8(6)13-9(12)10-2/h3-5,11H,1-2H3,(H,10,12). The third-order valence-electron chi connectivity index (χ3n) is 1.66. The number of carbonyl (C=O) groups excluding carboxylic acids is 1. The van der Waals surface area contributed by atoms with E-state index >= 15 is 0 Å². The first-order chi connectivity index (χ1) is 6.15. The Morgan fingerprint density at radius 1 is 1.54 bits per heavy atom. The Kier molecular flexibility index (Phi) is 2.74. The Morgan fingerprint density at radius 2 is 2.23 bits per heavy atom. The minimum atomic E-state index is -0.547. The van der Waals surface area contributed by atoms with Crippen LogP contribution in [-0.4, -0.2) is 18.2 Å². The van der Waals surface area contributed by atoms with Gasteiger partial charge in [-0.2, -0.15) is 0 Å². The summed E-state index contributed by atoms with van der Waals surface area (Å²) in [5.74, 6) is 0.473. The molecule has 0 aliphatic heterocycles. The van der Waals surface area contributed by atoms with Gasteiger partial charge in [-0.3, -0.25) is 0 Å². The first-order valence-corrected chi connectivity index (χ1v) is 3.83. The minimum absolute atomic E-state index is 0.112. The summed E-state index contributed by atoms with van der Waals surface area (Å²) >= 11 is 0. The number of hydrogen-bond acceptors (Lipinski definition) is 3. The van der Waals surface area contributed by atoms with E-state index in [1.165, 1.54) is 13.1 Å². The molecule has 70 valence electrons. The average molecular weight is 181 g/mol. The summed E-state index contributed by atoms with van der Waals surface area (Å²) in [4.78, 5) is 10.8. The van der Waals surface area contributed by atoms with E-state index in [2.05, 4.69) is 5.32 Å². The van der Waals surface area contributed by atoms with Gasteiger partial charge in [-0.25, -0.2) is 4.79 Å². The van der Waals surface area contributed by atoms with Crippen molar-refractivity contribution in [2.75, 3.05) is 7.05 Å². The van der Waals surface area contributed by atoms with Crippen LogP contribution in [0.15, 0.2) is 18.2 Å². The second kappa shape index (κ2) is 3.80. The van der Waals surface area contributed by atoms with E-state index in [0.29, 0.717) is 11.3 Å². The van der Waals surface area contributed by atoms with Gasteiger partial charge in [0.15, 0.2) is 0 Å². The van der Waals surface area contributed by atoms with E-state index in [1.54, 1.807) is 19.1 Å². The van der Waals surface area contributed by atoms with Crippen LogP contribution in [0.25, 0.3) is 0 Å². The number of aromatic hydroxyl groups is 1. The average Bonchev–Trinajstić information content (AvgIpc) is 2.13. The summed E-state index contributed by atoms with van der Waals surface area (Å²) in [6.45, 7) is 1.67. The maximum absolute atomic E-state index is 10.8. The summed E-state index contributed by atoms with van der Waals surface area (Å²) in [5.41, 5.74) is 0.547. The van der Waals surface area contributed by atoms with E-state index < -0.39 is 6.09 Å². The maximum atomic E-state index is 10.8. The van der Waals surface area contributed by atoms with E-state index in [0.717, 1.165) is 0 Å². The number of rotatable bonds is 1. The van der Waals surface area contributed by atoms with Gasteiger partial charge in [0.05, 0.1) is 0 Å². The fraction of sp³-hybridized carbons (Fsp3) is 0.222.